The monoisotopic (exact) mass is 282 g/mol. The molecule has 0 aliphatic carbocycles. The van der Waals surface area contributed by atoms with Gasteiger partial charge in [-0.3, -0.25) is 10.1 Å². The number of phenols is 1. The van der Waals surface area contributed by atoms with Crippen molar-refractivity contribution >= 4 is 23.7 Å². The van der Waals surface area contributed by atoms with Crippen molar-refractivity contribution in [2.24, 2.45) is 0 Å². The molecule has 0 unspecified atom stereocenters. The molecule has 0 aromatic heterocycles. The highest BCUT2D eigenvalue weighted by atomic mass is 32.2. The summed E-state index contributed by atoms with van der Waals surface area (Å²) in [4.78, 5) is 23.8. The van der Waals surface area contributed by atoms with E-state index in [0.29, 0.717) is 0 Å². The second kappa shape index (κ2) is 6.47. The van der Waals surface area contributed by atoms with Gasteiger partial charge in [0.2, 0.25) is 5.91 Å². The second-order valence-electron chi connectivity index (χ2n) is 5.04. The Morgan fingerprint density at radius 3 is 2.58 bits per heavy atom. The third-order valence-electron chi connectivity index (χ3n) is 1.93. The Morgan fingerprint density at radius 2 is 2.00 bits per heavy atom. The lowest BCUT2D eigenvalue weighted by Gasteiger charge is -2.20. The first kappa shape index (κ1) is 15.4. The van der Waals surface area contributed by atoms with Crippen molar-refractivity contribution in [1.29, 1.82) is 0 Å². The fraction of sp³-hybridized carbons (Fsp3) is 0.385. The van der Waals surface area contributed by atoms with Crippen molar-refractivity contribution in [3.05, 3.63) is 24.3 Å². The van der Waals surface area contributed by atoms with Gasteiger partial charge in [-0.25, -0.2) is 4.79 Å². The minimum atomic E-state index is -0.506. The summed E-state index contributed by atoms with van der Waals surface area (Å²) in [5.41, 5.74) is -0.386. The summed E-state index contributed by atoms with van der Waals surface area (Å²) in [5.74, 6) is -0.118. The third-order valence-corrected chi connectivity index (χ3v) is 2.92. The summed E-state index contributed by atoms with van der Waals surface area (Å²) >= 11 is 1.25. The van der Waals surface area contributed by atoms with E-state index in [1.54, 1.807) is 24.3 Å². The number of thioether (sulfide) groups is 1. The lowest BCUT2D eigenvalue weighted by Crippen LogP contribution is -2.48. The molecular weight excluding hydrogens is 264 g/mol. The second-order valence-corrected chi connectivity index (χ2v) is 6.09. The number of hydrogen-bond acceptors (Lipinski definition) is 4. The summed E-state index contributed by atoms with van der Waals surface area (Å²) in [6.07, 6.45) is 0. The zero-order valence-electron chi connectivity index (χ0n) is 11.2. The number of carbonyl (C=O) groups excluding carboxylic acids is 2. The number of phenolic OH excluding ortho intramolecular Hbond substituents is 1. The summed E-state index contributed by atoms with van der Waals surface area (Å²) in [7, 11) is 0. The number of urea groups is 1. The fourth-order valence-corrected chi connectivity index (χ4v) is 2.01. The van der Waals surface area contributed by atoms with Crippen LogP contribution < -0.4 is 10.6 Å². The van der Waals surface area contributed by atoms with E-state index < -0.39 is 6.03 Å². The molecule has 6 heteroatoms. The number of amides is 3. The Hall–Kier alpha value is -1.69. The average molecular weight is 282 g/mol. The van der Waals surface area contributed by atoms with Crippen LogP contribution in [0.3, 0.4) is 0 Å². The van der Waals surface area contributed by atoms with Gasteiger partial charge >= 0.3 is 6.03 Å². The van der Waals surface area contributed by atoms with Crippen molar-refractivity contribution in [1.82, 2.24) is 10.6 Å². The first-order chi connectivity index (χ1) is 8.76. The number of rotatable bonds is 3. The number of imide groups is 1. The molecular formula is C13H18N2O3S. The largest absolute Gasteiger partial charge is 0.508 e. The van der Waals surface area contributed by atoms with Gasteiger partial charge in [-0.05, 0) is 39.0 Å². The predicted octanol–water partition coefficient (Wildman–Crippen LogP) is 2.11. The highest BCUT2D eigenvalue weighted by Gasteiger charge is 2.15. The van der Waals surface area contributed by atoms with Crippen LogP contribution in [0.2, 0.25) is 0 Å². The molecule has 1 rings (SSSR count). The molecule has 0 saturated heterocycles. The Labute approximate surface area is 116 Å². The van der Waals surface area contributed by atoms with Gasteiger partial charge in [-0.1, -0.05) is 6.07 Å². The standard InChI is InChI=1S/C13H18N2O3S/c1-13(2,3)15-12(18)14-11(17)8-19-10-6-4-5-9(16)7-10/h4-7,16H,8H2,1-3H3,(H2,14,15,17,18). The summed E-state index contributed by atoms with van der Waals surface area (Å²) in [5, 5.41) is 14.2. The highest BCUT2D eigenvalue weighted by molar-refractivity contribution is 8.00. The molecule has 0 aliphatic heterocycles. The molecule has 0 heterocycles. The van der Waals surface area contributed by atoms with E-state index in [1.807, 2.05) is 20.8 Å². The topological polar surface area (TPSA) is 78.4 Å². The van der Waals surface area contributed by atoms with Crippen LogP contribution >= 0.6 is 11.8 Å². The van der Waals surface area contributed by atoms with Crippen molar-refractivity contribution < 1.29 is 14.7 Å². The van der Waals surface area contributed by atoms with E-state index in [-0.39, 0.29) is 22.9 Å². The maximum atomic E-state index is 11.5. The molecule has 0 saturated carbocycles. The zero-order valence-corrected chi connectivity index (χ0v) is 12.0. The smallest absolute Gasteiger partial charge is 0.321 e. The Morgan fingerprint density at radius 1 is 1.32 bits per heavy atom. The number of benzene rings is 1. The predicted molar refractivity (Wildman–Crippen MR) is 75.3 cm³/mol. The normalized spacial score (nSPS) is 10.9. The molecule has 3 amide bonds. The molecule has 1 aromatic carbocycles. The van der Waals surface area contributed by atoms with Crippen LogP contribution in [-0.2, 0) is 4.79 Å². The van der Waals surface area contributed by atoms with Gasteiger partial charge in [-0.15, -0.1) is 11.8 Å². The lowest BCUT2D eigenvalue weighted by atomic mass is 10.1. The molecule has 19 heavy (non-hydrogen) atoms. The van der Waals surface area contributed by atoms with Gasteiger partial charge in [0.1, 0.15) is 5.75 Å². The number of hydrogen-bond donors (Lipinski definition) is 3. The van der Waals surface area contributed by atoms with Gasteiger partial charge in [0, 0.05) is 10.4 Å². The molecule has 3 N–H and O–H groups in total. The van der Waals surface area contributed by atoms with E-state index in [4.69, 9.17) is 0 Å². The number of carbonyl (C=O) groups is 2. The molecule has 0 fully saturated rings. The first-order valence-corrected chi connectivity index (χ1v) is 6.79. The zero-order chi connectivity index (χ0) is 14.5. The third kappa shape index (κ3) is 6.71. The van der Waals surface area contributed by atoms with Crippen LogP contribution in [0.25, 0.3) is 0 Å². The number of nitrogens with one attached hydrogen (secondary N) is 2. The highest BCUT2D eigenvalue weighted by Crippen LogP contribution is 2.21. The van der Waals surface area contributed by atoms with E-state index in [2.05, 4.69) is 10.6 Å². The molecule has 0 radical (unpaired) electrons. The van der Waals surface area contributed by atoms with Gasteiger partial charge < -0.3 is 10.4 Å². The summed E-state index contributed by atoms with van der Waals surface area (Å²) in [6, 6.07) is 6.09. The average Bonchev–Trinajstić information content (AvgIpc) is 2.23. The first-order valence-electron chi connectivity index (χ1n) is 5.80. The van der Waals surface area contributed by atoms with E-state index in [1.165, 1.54) is 11.8 Å². The Kier molecular flexibility index (Phi) is 5.23. The maximum absolute atomic E-state index is 11.5. The van der Waals surface area contributed by atoms with Crippen LogP contribution in [-0.4, -0.2) is 28.3 Å². The van der Waals surface area contributed by atoms with E-state index >= 15 is 0 Å². The van der Waals surface area contributed by atoms with Gasteiger partial charge in [-0.2, -0.15) is 0 Å². The van der Waals surface area contributed by atoms with Gasteiger partial charge in [0.25, 0.3) is 0 Å². The molecule has 0 aliphatic rings. The van der Waals surface area contributed by atoms with Crippen LogP contribution in [0.1, 0.15) is 20.8 Å². The summed E-state index contributed by atoms with van der Waals surface area (Å²) in [6.45, 7) is 5.50. The number of aromatic hydroxyl groups is 1. The quantitative estimate of drug-likeness (QED) is 0.742. The Balaban J connectivity index is 2.38. The van der Waals surface area contributed by atoms with Crippen LogP contribution in [0.4, 0.5) is 4.79 Å². The van der Waals surface area contributed by atoms with Crippen molar-refractivity contribution in [2.45, 2.75) is 31.2 Å². The molecule has 104 valence electrons. The molecule has 0 atom stereocenters. The van der Waals surface area contributed by atoms with Crippen LogP contribution in [0.15, 0.2) is 29.2 Å². The summed E-state index contributed by atoms with van der Waals surface area (Å²) < 4.78 is 0. The van der Waals surface area contributed by atoms with Crippen LogP contribution in [0.5, 0.6) is 5.75 Å². The minimum absolute atomic E-state index is 0.112. The SMILES string of the molecule is CC(C)(C)NC(=O)NC(=O)CSc1cccc(O)c1. The van der Waals surface area contributed by atoms with Crippen LogP contribution in [0, 0.1) is 0 Å². The van der Waals surface area contributed by atoms with E-state index in [0.717, 1.165) is 4.90 Å². The Bertz CT molecular complexity index is 469. The molecule has 0 bridgehead atoms. The molecule has 1 aromatic rings. The van der Waals surface area contributed by atoms with E-state index in [9.17, 15) is 14.7 Å². The minimum Gasteiger partial charge on any atom is -0.508 e. The fourth-order valence-electron chi connectivity index (χ4n) is 1.26. The maximum Gasteiger partial charge on any atom is 0.321 e. The van der Waals surface area contributed by atoms with Crippen molar-refractivity contribution in [3.8, 4) is 5.75 Å². The molecule has 0 spiro atoms. The lowest BCUT2D eigenvalue weighted by molar-refractivity contribution is -0.117. The van der Waals surface area contributed by atoms with Crippen molar-refractivity contribution in [3.63, 3.8) is 0 Å². The molecule has 5 nitrogen and oxygen atoms in total. The van der Waals surface area contributed by atoms with Gasteiger partial charge in [0.05, 0.1) is 5.75 Å². The van der Waals surface area contributed by atoms with Gasteiger partial charge in [0.15, 0.2) is 0 Å². The van der Waals surface area contributed by atoms with Crippen molar-refractivity contribution in [2.75, 3.05) is 5.75 Å².